The molecule has 0 radical (unpaired) electrons. The predicted molar refractivity (Wildman–Crippen MR) is 87.7 cm³/mol. The number of aliphatic imine (C=N–C) groups is 1. The number of carbonyl (C=O) groups is 1. The maximum Gasteiger partial charge on any atom is 0.248 e. The van der Waals surface area contributed by atoms with Crippen molar-refractivity contribution in [2.75, 3.05) is 11.1 Å². The van der Waals surface area contributed by atoms with Crippen molar-refractivity contribution in [2.24, 2.45) is 10.7 Å². The van der Waals surface area contributed by atoms with Gasteiger partial charge >= 0.3 is 0 Å². The van der Waals surface area contributed by atoms with Crippen molar-refractivity contribution >= 4 is 28.5 Å². The third-order valence-corrected chi connectivity index (χ3v) is 4.20. The fourth-order valence-electron chi connectivity index (χ4n) is 2.16. The molecule has 0 fully saturated rings. The first-order valence-corrected chi connectivity index (χ1v) is 7.63. The fourth-order valence-corrected chi connectivity index (χ4v) is 3.14. The number of thioether (sulfide) groups is 1. The Morgan fingerprint density at radius 2 is 2.00 bits per heavy atom. The molecule has 0 saturated carbocycles. The molecule has 1 aliphatic rings. The van der Waals surface area contributed by atoms with E-state index in [1.54, 1.807) is 30.0 Å². The Balaban J connectivity index is 1.74. The van der Waals surface area contributed by atoms with Crippen LogP contribution in [0.5, 0.6) is 0 Å². The Morgan fingerprint density at radius 1 is 1.19 bits per heavy atom. The summed E-state index contributed by atoms with van der Waals surface area (Å²) in [5.41, 5.74) is 7.82. The minimum Gasteiger partial charge on any atom is -0.366 e. The second-order valence-electron chi connectivity index (χ2n) is 4.74. The van der Waals surface area contributed by atoms with Gasteiger partial charge in [-0.25, -0.2) is 0 Å². The molecule has 1 unspecified atom stereocenters. The summed E-state index contributed by atoms with van der Waals surface area (Å²) in [5, 5.41) is 4.11. The van der Waals surface area contributed by atoms with Gasteiger partial charge in [-0.15, -0.1) is 0 Å². The molecular formula is C16H15N3OS. The normalized spacial score (nSPS) is 17.3. The number of amidine groups is 1. The quantitative estimate of drug-likeness (QED) is 0.915. The van der Waals surface area contributed by atoms with Gasteiger partial charge in [0.15, 0.2) is 5.17 Å². The Hall–Kier alpha value is -2.27. The molecule has 21 heavy (non-hydrogen) atoms. The summed E-state index contributed by atoms with van der Waals surface area (Å²) in [6, 6.07) is 17.5. The Bertz CT molecular complexity index is 685. The second-order valence-corrected chi connectivity index (χ2v) is 5.75. The number of rotatable bonds is 3. The minimum atomic E-state index is -0.429. The maximum absolute atomic E-state index is 11.2. The molecule has 0 spiro atoms. The van der Waals surface area contributed by atoms with Crippen LogP contribution < -0.4 is 11.1 Å². The summed E-state index contributed by atoms with van der Waals surface area (Å²) in [6.45, 7) is 0. The summed E-state index contributed by atoms with van der Waals surface area (Å²) in [5.74, 6) is 0.490. The van der Waals surface area contributed by atoms with Crippen LogP contribution in [0.1, 0.15) is 22.0 Å². The molecule has 1 heterocycles. The average molecular weight is 297 g/mol. The van der Waals surface area contributed by atoms with Gasteiger partial charge in [0, 0.05) is 17.0 Å². The number of nitrogens with zero attached hydrogens (tertiary/aromatic N) is 1. The highest BCUT2D eigenvalue weighted by Gasteiger charge is 2.19. The van der Waals surface area contributed by atoms with Crippen molar-refractivity contribution in [2.45, 2.75) is 6.04 Å². The Labute approximate surface area is 127 Å². The minimum absolute atomic E-state index is 0.179. The molecule has 3 rings (SSSR count). The van der Waals surface area contributed by atoms with Gasteiger partial charge in [-0.3, -0.25) is 9.79 Å². The zero-order valence-corrected chi connectivity index (χ0v) is 12.1. The zero-order valence-electron chi connectivity index (χ0n) is 11.3. The lowest BCUT2D eigenvalue weighted by molar-refractivity contribution is 0.100. The van der Waals surface area contributed by atoms with Crippen molar-refractivity contribution in [3.63, 3.8) is 0 Å². The lowest BCUT2D eigenvalue weighted by Crippen LogP contribution is -2.12. The first kappa shape index (κ1) is 13.7. The van der Waals surface area contributed by atoms with Gasteiger partial charge < -0.3 is 11.1 Å². The van der Waals surface area contributed by atoms with Gasteiger partial charge in [-0.1, -0.05) is 48.2 Å². The third-order valence-electron chi connectivity index (χ3n) is 3.23. The van der Waals surface area contributed by atoms with Crippen LogP contribution in [0.15, 0.2) is 59.6 Å². The number of hydrogen-bond donors (Lipinski definition) is 2. The summed E-state index contributed by atoms with van der Waals surface area (Å²) in [7, 11) is 0. The van der Waals surface area contributed by atoms with Gasteiger partial charge in [0.1, 0.15) is 0 Å². The van der Waals surface area contributed by atoms with E-state index in [2.05, 4.69) is 22.4 Å². The van der Waals surface area contributed by atoms with Crippen LogP contribution in [0.4, 0.5) is 5.69 Å². The molecule has 2 aromatic carbocycles. The number of hydrogen-bond acceptors (Lipinski definition) is 4. The Morgan fingerprint density at radius 3 is 2.76 bits per heavy atom. The smallest absolute Gasteiger partial charge is 0.248 e. The number of nitrogens with two attached hydrogens (primary N) is 1. The lowest BCUT2D eigenvalue weighted by atomic mass is 10.1. The average Bonchev–Trinajstić information content (AvgIpc) is 2.97. The van der Waals surface area contributed by atoms with Crippen molar-refractivity contribution in [3.8, 4) is 0 Å². The molecule has 106 valence electrons. The van der Waals surface area contributed by atoms with E-state index in [-0.39, 0.29) is 6.04 Å². The summed E-state index contributed by atoms with van der Waals surface area (Å²) in [4.78, 5) is 15.9. The number of carbonyl (C=O) groups excluding carboxylic acids is 1. The maximum atomic E-state index is 11.2. The van der Waals surface area contributed by atoms with E-state index < -0.39 is 5.91 Å². The summed E-state index contributed by atoms with van der Waals surface area (Å²) >= 11 is 1.68. The standard InChI is InChI=1S/C16H15N3OS/c17-15(20)12-7-4-8-13(9-12)18-16-19-14(10-21-16)11-5-2-1-3-6-11/h1-9,14H,10H2,(H2,17,20)(H,18,19). The van der Waals surface area contributed by atoms with Crippen LogP contribution in [-0.2, 0) is 0 Å². The molecule has 1 amide bonds. The van der Waals surface area contributed by atoms with E-state index in [9.17, 15) is 4.79 Å². The van der Waals surface area contributed by atoms with Crippen molar-refractivity contribution in [1.82, 2.24) is 0 Å². The number of anilines is 1. The molecule has 1 atom stereocenters. The predicted octanol–water partition coefficient (Wildman–Crippen LogP) is 3.04. The van der Waals surface area contributed by atoms with Crippen molar-refractivity contribution < 1.29 is 4.79 Å². The zero-order chi connectivity index (χ0) is 14.7. The van der Waals surface area contributed by atoms with Gasteiger partial charge in [-0.2, -0.15) is 0 Å². The van der Waals surface area contributed by atoms with Crippen LogP contribution >= 0.6 is 11.8 Å². The van der Waals surface area contributed by atoms with E-state index in [4.69, 9.17) is 5.73 Å². The van der Waals surface area contributed by atoms with E-state index in [1.807, 2.05) is 24.3 Å². The molecule has 0 aliphatic carbocycles. The molecule has 1 aliphatic heterocycles. The molecule has 0 saturated heterocycles. The van der Waals surface area contributed by atoms with Crippen LogP contribution in [0.25, 0.3) is 0 Å². The number of nitrogens with one attached hydrogen (secondary N) is 1. The molecule has 2 aromatic rings. The largest absolute Gasteiger partial charge is 0.366 e. The first-order chi connectivity index (χ1) is 10.2. The van der Waals surface area contributed by atoms with Gasteiger partial charge in [0.2, 0.25) is 5.91 Å². The molecule has 4 nitrogen and oxygen atoms in total. The first-order valence-electron chi connectivity index (χ1n) is 6.65. The highest BCUT2D eigenvalue weighted by molar-refractivity contribution is 8.14. The van der Waals surface area contributed by atoms with E-state index >= 15 is 0 Å². The number of primary amides is 1. The van der Waals surface area contributed by atoms with Crippen LogP contribution in [0, 0.1) is 0 Å². The summed E-state index contributed by atoms with van der Waals surface area (Å²) < 4.78 is 0. The van der Waals surface area contributed by atoms with E-state index in [0.29, 0.717) is 5.56 Å². The van der Waals surface area contributed by atoms with Crippen molar-refractivity contribution in [3.05, 3.63) is 65.7 Å². The molecule has 0 aromatic heterocycles. The third kappa shape index (κ3) is 3.25. The van der Waals surface area contributed by atoms with Crippen LogP contribution in [0.3, 0.4) is 0 Å². The highest BCUT2D eigenvalue weighted by atomic mass is 32.2. The SMILES string of the molecule is NC(=O)c1cccc(NC2=NC(c3ccccc3)CS2)c1. The molecular weight excluding hydrogens is 282 g/mol. The van der Waals surface area contributed by atoms with E-state index in [1.165, 1.54) is 5.56 Å². The van der Waals surface area contributed by atoms with Gasteiger partial charge in [0.05, 0.1) is 6.04 Å². The molecule has 5 heteroatoms. The Kier molecular flexibility index (Phi) is 3.92. The van der Waals surface area contributed by atoms with Crippen LogP contribution in [-0.4, -0.2) is 16.8 Å². The van der Waals surface area contributed by atoms with Crippen molar-refractivity contribution in [1.29, 1.82) is 0 Å². The second kappa shape index (κ2) is 6.01. The summed E-state index contributed by atoms with van der Waals surface area (Å²) in [6.07, 6.45) is 0. The number of benzene rings is 2. The number of amides is 1. The lowest BCUT2D eigenvalue weighted by Gasteiger charge is -2.06. The van der Waals surface area contributed by atoms with Gasteiger partial charge in [-0.05, 0) is 23.8 Å². The fraction of sp³-hybridized carbons (Fsp3) is 0.125. The molecule has 0 bridgehead atoms. The van der Waals surface area contributed by atoms with E-state index in [0.717, 1.165) is 16.6 Å². The van der Waals surface area contributed by atoms with Crippen LogP contribution in [0.2, 0.25) is 0 Å². The monoisotopic (exact) mass is 297 g/mol. The highest BCUT2D eigenvalue weighted by Crippen LogP contribution is 2.30. The molecule has 3 N–H and O–H groups in total. The van der Waals surface area contributed by atoms with Gasteiger partial charge in [0.25, 0.3) is 0 Å². The topological polar surface area (TPSA) is 67.5 Å².